The highest BCUT2D eigenvalue weighted by Crippen LogP contribution is 2.17. The fraction of sp³-hybridized carbons (Fsp3) is 0.571. The number of hydrogen-bond donors (Lipinski definition) is 2. The van der Waals surface area contributed by atoms with E-state index in [1.165, 1.54) is 0 Å². The van der Waals surface area contributed by atoms with Gasteiger partial charge >= 0.3 is 0 Å². The van der Waals surface area contributed by atoms with Crippen molar-refractivity contribution in [1.82, 2.24) is 10.3 Å². The number of nitrogens with zero attached hydrogens (tertiary/aromatic N) is 1. The van der Waals surface area contributed by atoms with Gasteiger partial charge in [-0.25, -0.2) is 4.98 Å². The second-order valence-electron chi connectivity index (χ2n) is 5.09. The second kappa shape index (κ2) is 7.38. The number of aromatic nitrogens is 1. The monoisotopic (exact) mass is 297 g/mol. The van der Waals surface area contributed by atoms with Crippen LogP contribution in [0.15, 0.2) is 12.1 Å². The van der Waals surface area contributed by atoms with Crippen molar-refractivity contribution in [1.29, 1.82) is 0 Å². The topological polar surface area (TPSA) is 71.1 Å². The number of carbonyl (C=O) groups is 1. The van der Waals surface area contributed by atoms with Crippen molar-refractivity contribution in [2.75, 3.05) is 25.2 Å². The molecule has 0 aliphatic rings. The molecule has 0 aliphatic carbocycles. The molecule has 1 amide bonds. The molecule has 0 saturated heterocycles. The van der Waals surface area contributed by atoms with Crippen LogP contribution >= 0.6 is 0 Å². The van der Waals surface area contributed by atoms with Crippen LogP contribution in [-0.2, 0) is 10.8 Å². The maximum Gasteiger partial charge on any atom is 0.251 e. The van der Waals surface area contributed by atoms with Gasteiger partial charge in [0.25, 0.3) is 5.91 Å². The van der Waals surface area contributed by atoms with Crippen molar-refractivity contribution >= 4 is 22.5 Å². The Morgan fingerprint density at radius 3 is 2.50 bits per heavy atom. The second-order valence-corrected chi connectivity index (χ2v) is 6.89. The molecule has 2 N–H and O–H groups in total. The fourth-order valence-corrected chi connectivity index (χ4v) is 1.88. The van der Waals surface area contributed by atoms with Crippen LogP contribution in [0, 0.1) is 0 Å². The van der Waals surface area contributed by atoms with Crippen molar-refractivity contribution in [2.45, 2.75) is 31.9 Å². The van der Waals surface area contributed by atoms with Crippen LogP contribution in [0.2, 0.25) is 0 Å². The van der Waals surface area contributed by atoms with Crippen molar-refractivity contribution in [2.24, 2.45) is 0 Å². The van der Waals surface area contributed by atoms with Crippen LogP contribution in [0.4, 0.5) is 5.82 Å². The van der Waals surface area contributed by atoms with E-state index in [9.17, 15) is 9.00 Å². The molecular formula is C14H23N3O2S. The number of nitrogens with one attached hydrogen (secondary N) is 2. The first-order valence-corrected chi connectivity index (χ1v) is 8.27. The lowest BCUT2D eigenvalue weighted by Gasteiger charge is -2.13. The summed E-state index contributed by atoms with van der Waals surface area (Å²) in [6.07, 6.45) is 1.64. The summed E-state index contributed by atoms with van der Waals surface area (Å²) in [5.74, 6) is 0.758. The summed E-state index contributed by atoms with van der Waals surface area (Å²) in [7, 11) is 0.834. The zero-order chi connectivity index (χ0) is 15.3. The highest BCUT2D eigenvalue weighted by Gasteiger charge is 2.13. The number of amides is 1. The Morgan fingerprint density at radius 1 is 1.35 bits per heavy atom. The minimum Gasteiger partial charge on any atom is -0.373 e. The molecule has 0 fully saturated rings. The third kappa shape index (κ3) is 4.59. The van der Waals surface area contributed by atoms with E-state index in [-0.39, 0.29) is 17.1 Å². The van der Waals surface area contributed by atoms with Gasteiger partial charge in [-0.05, 0) is 25.0 Å². The Bertz CT molecular complexity index is 503. The van der Waals surface area contributed by atoms with Crippen molar-refractivity contribution in [3.63, 3.8) is 0 Å². The van der Waals surface area contributed by atoms with E-state index in [0.29, 0.717) is 17.9 Å². The highest BCUT2D eigenvalue weighted by molar-refractivity contribution is 7.84. The predicted molar refractivity (Wildman–Crippen MR) is 83.7 cm³/mol. The SMILES string of the molecule is CNc1cc(C(=O)NCC(C)S(C)=O)cc(C(C)C)n1. The normalized spacial score (nSPS) is 13.9. The molecule has 1 heterocycles. The molecule has 2 unspecified atom stereocenters. The minimum atomic E-state index is -0.940. The van der Waals surface area contributed by atoms with Crippen LogP contribution < -0.4 is 10.6 Å². The molecule has 112 valence electrons. The maximum absolute atomic E-state index is 12.1. The van der Waals surface area contributed by atoms with Crippen LogP contribution in [0.1, 0.15) is 42.7 Å². The van der Waals surface area contributed by atoms with E-state index < -0.39 is 10.8 Å². The number of pyridine rings is 1. The average molecular weight is 297 g/mol. The Labute approximate surface area is 123 Å². The Balaban J connectivity index is 2.86. The summed E-state index contributed by atoms with van der Waals surface area (Å²) in [4.78, 5) is 16.6. The largest absolute Gasteiger partial charge is 0.373 e. The first-order valence-electron chi connectivity index (χ1n) is 6.65. The van der Waals surface area contributed by atoms with Gasteiger partial charge in [-0.2, -0.15) is 0 Å². The number of hydrogen-bond acceptors (Lipinski definition) is 4. The first kappa shape index (κ1) is 16.6. The summed E-state index contributed by atoms with van der Waals surface area (Å²) >= 11 is 0. The third-order valence-electron chi connectivity index (χ3n) is 3.07. The lowest BCUT2D eigenvalue weighted by Crippen LogP contribution is -2.32. The molecule has 5 nitrogen and oxygen atoms in total. The Morgan fingerprint density at radius 2 is 2.00 bits per heavy atom. The Kier molecular flexibility index (Phi) is 6.13. The minimum absolute atomic E-state index is 0.0610. The smallest absolute Gasteiger partial charge is 0.251 e. The van der Waals surface area contributed by atoms with Gasteiger partial charge in [0.05, 0.1) is 0 Å². The number of anilines is 1. The van der Waals surface area contributed by atoms with Gasteiger partial charge in [0.2, 0.25) is 0 Å². The van der Waals surface area contributed by atoms with Crippen LogP contribution in [0.25, 0.3) is 0 Å². The van der Waals surface area contributed by atoms with Gasteiger partial charge < -0.3 is 10.6 Å². The summed E-state index contributed by atoms with van der Waals surface area (Å²) in [5, 5.41) is 5.71. The molecule has 1 rings (SSSR count). The van der Waals surface area contributed by atoms with E-state index >= 15 is 0 Å². The van der Waals surface area contributed by atoms with Gasteiger partial charge in [0.1, 0.15) is 5.82 Å². The fourth-order valence-electron chi connectivity index (χ4n) is 1.56. The van der Waals surface area contributed by atoms with E-state index in [1.54, 1.807) is 25.4 Å². The van der Waals surface area contributed by atoms with E-state index in [1.807, 2.05) is 20.8 Å². The lowest BCUT2D eigenvalue weighted by atomic mass is 10.1. The molecule has 0 bridgehead atoms. The summed E-state index contributed by atoms with van der Waals surface area (Å²) in [5.41, 5.74) is 1.44. The average Bonchev–Trinajstić information content (AvgIpc) is 2.43. The number of carbonyl (C=O) groups excluding carboxylic acids is 1. The molecule has 1 aromatic rings. The van der Waals surface area contributed by atoms with E-state index in [2.05, 4.69) is 15.6 Å². The van der Waals surface area contributed by atoms with Crippen LogP contribution in [-0.4, -0.2) is 40.2 Å². The van der Waals surface area contributed by atoms with Gasteiger partial charge in [0, 0.05) is 47.2 Å². The lowest BCUT2D eigenvalue weighted by molar-refractivity contribution is 0.0954. The molecular weight excluding hydrogens is 274 g/mol. The van der Waals surface area contributed by atoms with E-state index in [4.69, 9.17) is 0 Å². The molecule has 6 heteroatoms. The summed E-state index contributed by atoms with van der Waals surface area (Å²) < 4.78 is 11.3. The summed E-state index contributed by atoms with van der Waals surface area (Å²) in [6.45, 7) is 6.31. The zero-order valence-electron chi connectivity index (χ0n) is 12.7. The van der Waals surface area contributed by atoms with Gasteiger partial charge in [-0.1, -0.05) is 13.8 Å². The quantitative estimate of drug-likeness (QED) is 0.839. The van der Waals surface area contributed by atoms with Gasteiger partial charge in [0.15, 0.2) is 0 Å². The molecule has 20 heavy (non-hydrogen) atoms. The molecule has 0 aliphatic heterocycles. The Hall–Kier alpha value is -1.43. The maximum atomic E-state index is 12.1. The molecule has 0 radical (unpaired) electrons. The van der Waals surface area contributed by atoms with Crippen LogP contribution in [0.3, 0.4) is 0 Å². The van der Waals surface area contributed by atoms with Crippen molar-refractivity contribution < 1.29 is 9.00 Å². The van der Waals surface area contributed by atoms with Crippen molar-refractivity contribution in [3.05, 3.63) is 23.4 Å². The molecule has 0 spiro atoms. The standard InChI is InChI=1S/C14H23N3O2S/c1-9(2)12-6-11(7-13(15-4)17-12)14(18)16-8-10(3)20(5)19/h6-7,9-10H,8H2,1-5H3,(H,15,17)(H,16,18). The molecule has 2 atom stereocenters. The third-order valence-corrected chi connectivity index (χ3v) is 4.37. The molecule has 0 aromatic carbocycles. The van der Waals surface area contributed by atoms with Crippen molar-refractivity contribution in [3.8, 4) is 0 Å². The van der Waals surface area contributed by atoms with Gasteiger partial charge in [-0.3, -0.25) is 9.00 Å². The summed E-state index contributed by atoms with van der Waals surface area (Å²) in [6, 6.07) is 3.52. The van der Waals surface area contributed by atoms with E-state index in [0.717, 1.165) is 5.69 Å². The highest BCUT2D eigenvalue weighted by atomic mass is 32.2. The first-order chi connectivity index (χ1) is 9.35. The van der Waals surface area contributed by atoms with Crippen LogP contribution in [0.5, 0.6) is 0 Å². The molecule has 1 aromatic heterocycles. The molecule has 0 saturated carbocycles. The number of rotatable bonds is 6. The predicted octanol–water partition coefficient (Wildman–Crippen LogP) is 1.74. The zero-order valence-corrected chi connectivity index (χ0v) is 13.5. The van der Waals surface area contributed by atoms with Gasteiger partial charge in [-0.15, -0.1) is 0 Å².